The Hall–Kier alpha value is -2.86. The molecule has 1 aromatic rings. The molecular weight excluding hydrogens is 234 g/mol. The highest BCUT2D eigenvalue weighted by Gasteiger charge is 2.06. The number of hydrogen-bond donors (Lipinski definition) is 0. The molecule has 0 N–H and O–H groups in total. The Morgan fingerprint density at radius 1 is 1.28 bits per heavy atom. The number of nitriles is 2. The number of oxime groups is 1. The highest BCUT2D eigenvalue weighted by Crippen LogP contribution is 2.11. The van der Waals surface area contributed by atoms with Crippen LogP contribution >= 0.6 is 0 Å². The number of benzene rings is 1. The summed E-state index contributed by atoms with van der Waals surface area (Å²) in [5.74, 6) is 0.332. The maximum atomic E-state index is 11.6. The summed E-state index contributed by atoms with van der Waals surface area (Å²) in [6, 6.07) is 9.50. The van der Waals surface area contributed by atoms with Crippen LogP contribution in [0.4, 0.5) is 0 Å². The van der Waals surface area contributed by atoms with Crippen LogP contribution in [0.25, 0.3) is 0 Å². The summed E-state index contributed by atoms with van der Waals surface area (Å²) in [5.41, 5.74) is -0.000929. The molecule has 0 saturated carbocycles. The molecule has 0 heterocycles. The predicted octanol–water partition coefficient (Wildman–Crippen LogP) is 1.30. The van der Waals surface area contributed by atoms with Gasteiger partial charge in [-0.3, -0.25) is 4.79 Å². The summed E-state index contributed by atoms with van der Waals surface area (Å²) in [6.45, 7) is -0.334. The molecule has 90 valence electrons. The van der Waals surface area contributed by atoms with Crippen LogP contribution in [0.2, 0.25) is 0 Å². The van der Waals surface area contributed by atoms with E-state index in [4.69, 9.17) is 15.3 Å². The number of carbonyl (C=O) groups excluding carboxylic acids is 1. The zero-order valence-corrected chi connectivity index (χ0v) is 9.58. The van der Waals surface area contributed by atoms with E-state index < -0.39 is 5.71 Å². The van der Waals surface area contributed by atoms with E-state index in [1.807, 2.05) is 0 Å². The summed E-state index contributed by atoms with van der Waals surface area (Å²) in [6.07, 6.45) is 0. The lowest BCUT2D eigenvalue weighted by Crippen LogP contribution is -2.07. The first-order valence-electron chi connectivity index (χ1n) is 4.88. The fourth-order valence-corrected chi connectivity index (χ4v) is 1.08. The minimum atomic E-state index is -0.433. The molecule has 0 aliphatic rings. The van der Waals surface area contributed by atoms with E-state index in [1.165, 1.54) is 19.2 Å². The van der Waals surface area contributed by atoms with Gasteiger partial charge in [-0.2, -0.15) is 10.5 Å². The van der Waals surface area contributed by atoms with E-state index in [9.17, 15) is 4.79 Å². The van der Waals surface area contributed by atoms with Crippen molar-refractivity contribution >= 4 is 11.5 Å². The van der Waals surface area contributed by atoms with Crippen molar-refractivity contribution in [1.29, 1.82) is 10.5 Å². The Morgan fingerprint density at radius 2 is 1.89 bits per heavy atom. The monoisotopic (exact) mass is 243 g/mol. The Labute approximate surface area is 104 Å². The van der Waals surface area contributed by atoms with E-state index in [2.05, 4.69) is 9.99 Å². The van der Waals surface area contributed by atoms with Gasteiger partial charge in [0, 0.05) is 5.56 Å². The molecule has 0 aliphatic carbocycles. The second-order valence-corrected chi connectivity index (χ2v) is 3.09. The number of methoxy groups -OCH3 is 1. The van der Waals surface area contributed by atoms with Crippen LogP contribution in [0.3, 0.4) is 0 Å². The molecule has 18 heavy (non-hydrogen) atoms. The summed E-state index contributed by atoms with van der Waals surface area (Å²) in [7, 11) is 1.53. The van der Waals surface area contributed by atoms with Gasteiger partial charge in [-0.1, -0.05) is 5.16 Å². The van der Waals surface area contributed by atoms with Crippen molar-refractivity contribution in [3.8, 4) is 17.9 Å². The molecule has 0 unspecified atom stereocenters. The molecule has 0 aliphatic heterocycles. The topological polar surface area (TPSA) is 95.5 Å². The molecule has 0 atom stereocenters. The first-order chi connectivity index (χ1) is 8.71. The number of carbonyl (C=O) groups is 1. The van der Waals surface area contributed by atoms with Crippen molar-refractivity contribution in [2.24, 2.45) is 5.16 Å². The third-order valence-electron chi connectivity index (χ3n) is 1.98. The van der Waals surface area contributed by atoms with Crippen LogP contribution in [0.5, 0.6) is 5.75 Å². The average Bonchev–Trinajstić information content (AvgIpc) is 2.43. The molecule has 0 fully saturated rings. The van der Waals surface area contributed by atoms with Crippen LogP contribution in [0, 0.1) is 22.7 Å². The molecule has 0 amide bonds. The van der Waals surface area contributed by atoms with E-state index >= 15 is 0 Å². The smallest absolute Gasteiger partial charge is 0.256 e. The van der Waals surface area contributed by atoms with E-state index in [0.29, 0.717) is 11.3 Å². The molecule has 0 aromatic heterocycles. The molecule has 6 nitrogen and oxygen atoms in total. The van der Waals surface area contributed by atoms with Crippen LogP contribution in [0.1, 0.15) is 10.4 Å². The summed E-state index contributed by atoms with van der Waals surface area (Å²) >= 11 is 0. The van der Waals surface area contributed by atoms with Crippen LogP contribution in [-0.2, 0) is 4.84 Å². The van der Waals surface area contributed by atoms with E-state index in [-0.39, 0.29) is 12.4 Å². The average molecular weight is 243 g/mol. The van der Waals surface area contributed by atoms with E-state index in [1.54, 1.807) is 24.3 Å². The van der Waals surface area contributed by atoms with Gasteiger partial charge in [-0.05, 0) is 24.3 Å². The SMILES string of the molecule is COc1ccc(C(=O)CON=C(C#N)C#N)cc1. The van der Waals surface area contributed by atoms with Crippen LogP contribution in [0.15, 0.2) is 29.4 Å². The first-order valence-corrected chi connectivity index (χ1v) is 4.88. The molecule has 0 spiro atoms. The van der Waals surface area contributed by atoms with Gasteiger partial charge >= 0.3 is 0 Å². The number of ether oxygens (including phenoxy) is 1. The van der Waals surface area contributed by atoms with E-state index in [0.717, 1.165) is 0 Å². The quantitative estimate of drug-likeness (QED) is 0.441. The Bertz CT molecular complexity index is 519. The molecule has 0 bridgehead atoms. The zero-order valence-electron chi connectivity index (χ0n) is 9.58. The highest BCUT2D eigenvalue weighted by molar-refractivity contribution is 6.09. The Kier molecular flexibility index (Phi) is 4.89. The third-order valence-corrected chi connectivity index (χ3v) is 1.98. The number of ketones is 1. The Morgan fingerprint density at radius 3 is 2.39 bits per heavy atom. The van der Waals surface area contributed by atoms with Gasteiger partial charge in [0.05, 0.1) is 7.11 Å². The highest BCUT2D eigenvalue weighted by atomic mass is 16.6. The lowest BCUT2D eigenvalue weighted by molar-refractivity contribution is 0.0777. The molecule has 0 saturated heterocycles. The van der Waals surface area contributed by atoms with Crippen molar-refractivity contribution in [1.82, 2.24) is 0 Å². The maximum absolute atomic E-state index is 11.6. The molecule has 6 heteroatoms. The van der Waals surface area contributed by atoms with Crippen LogP contribution < -0.4 is 4.74 Å². The normalized spacial score (nSPS) is 8.61. The molecular formula is C12H9N3O3. The van der Waals surface area contributed by atoms with Crippen molar-refractivity contribution in [3.05, 3.63) is 29.8 Å². The van der Waals surface area contributed by atoms with Gasteiger partial charge in [-0.15, -0.1) is 0 Å². The standard InChI is InChI=1S/C12H9N3O3/c1-17-11-4-2-9(3-5-11)12(16)8-18-15-10(6-13)7-14/h2-5H,8H2,1H3. The number of hydrogen-bond acceptors (Lipinski definition) is 6. The van der Waals surface area contributed by atoms with Gasteiger partial charge in [0.15, 0.2) is 6.61 Å². The van der Waals surface area contributed by atoms with Gasteiger partial charge in [-0.25, -0.2) is 0 Å². The summed E-state index contributed by atoms with van der Waals surface area (Å²) in [5, 5.41) is 20.0. The maximum Gasteiger partial charge on any atom is 0.256 e. The largest absolute Gasteiger partial charge is 0.497 e. The summed E-state index contributed by atoms with van der Waals surface area (Å²) < 4.78 is 4.95. The fourth-order valence-electron chi connectivity index (χ4n) is 1.08. The number of Topliss-reactive ketones (excluding diaryl/α,β-unsaturated/α-hetero) is 1. The lowest BCUT2D eigenvalue weighted by Gasteiger charge is -2.02. The lowest BCUT2D eigenvalue weighted by atomic mass is 10.1. The van der Waals surface area contributed by atoms with Crippen molar-refractivity contribution in [2.75, 3.05) is 13.7 Å². The van der Waals surface area contributed by atoms with Gasteiger partial charge in [0.1, 0.15) is 17.9 Å². The molecule has 1 aromatic carbocycles. The second kappa shape index (κ2) is 6.66. The number of rotatable bonds is 5. The minimum Gasteiger partial charge on any atom is -0.497 e. The van der Waals surface area contributed by atoms with Crippen molar-refractivity contribution < 1.29 is 14.4 Å². The summed E-state index contributed by atoms with van der Waals surface area (Å²) in [4.78, 5) is 16.2. The van der Waals surface area contributed by atoms with Crippen LogP contribution in [-0.4, -0.2) is 25.2 Å². The second-order valence-electron chi connectivity index (χ2n) is 3.09. The predicted molar refractivity (Wildman–Crippen MR) is 61.9 cm³/mol. The van der Waals surface area contributed by atoms with Gasteiger partial charge in [0.25, 0.3) is 5.71 Å². The van der Waals surface area contributed by atoms with Crippen molar-refractivity contribution in [3.63, 3.8) is 0 Å². The zero-order chi connectivity index (χ0) is 13.4. The fraction of sp³-hybridized carbons (Fsp3) is 0.167. The number of nitrogens with zero attached hydrogens (tertiary/aromatic N) is 3. The van der Waals surface area contributed by atoms with Crippen molar-refractivity contribution in [2.45, 2.75) is 0 Å². The molecule has 1 rings (SSSR count). The van der Waals surface area contributed by atoms with Gasteiger partial charge in [0.2, 0.25) is 5.78 Å². The minimum absolute atomic E-state index is 0.309. The third kappa shape index (κ3) is 3.62. The molecule has 0 radical (unpaired) electrons. The Balaban J connectivity index is 2.59. The van der Waals surface area contributed by atoms with Gasteiger partial charge < -0.3 is 9.57 Å². The first kappa shape index (κ1) is 13.2.